The largest absolute Gasteiger partial charge is 0.342 e. The normalized spacial score (nSPS) is 19.1. The summed E-state index contributed by atoms with van der Waals surface area (Å²) in [5, 5.41) is 0. The molecular formula is C16H22FNOS. The van der Waals surface area contributed by atoms with Crippen LogP contribution in [0, 0.1) is 11.7 Å². The van der Waals surface area contributed by atoms with E-state index in [-0.39, 0.29) is 11.7 Å². The zero-order valence-corrected chi connectivity index (χ0v) is 12.8. The van der Waals surface area contributed by atoms with E-state index >= 15 is 0 Å². The van der Waals surface area contributed by atoms with Gasteiger partial charge in [-0.1, -0.05) is 18.2 Å². The van der Waals surface area contributed by atoms with Gasteiger partial charge in [-0.2, -0.15) is 11.8 Å². The second kappa shape index (κ2) is 7.67. The van der Waals surface area contributed by atoms with Crippen molar-refractivity contribution in [2.24, 2.45) is 5.92 Å². The molecule has 1 aliphatic heterocycles. The van der Waals surface area contributed by atoms with Crippen molar-refractivity contribution in [1.82, 2.24) is 4.90 Å². The number of nitrogens with zero attached hydrogens (tertiary/aromatic N) is 1. The maximum Gasteiger partial charge on any atom is 0.232 e. The van der Waals surface area contributed by atoms with E-state index in [1.165, 1.54) is 6.07 Å². The number of halogens is 1. The third-order valence-corrected chi connectivity index (χ3v) is 4.45. The van der Waals surface area contributed by atoms with Gasteiger partial charge in [-0.05, 0) is 49.5 Å². The summed E-state index contributed by atoms with van der Waals surface area (Å²) in [6.07, 6.45) is 5.91. The standard InChI is InChI=1S/C16H22FNOS/c1-20-12-16(19)18-10-4-5-13(11-18)8-9-14-6-2-3-7-15(14)17/h2-3,6-7,13H,4-5,8-12H2,1H3. The number of carbonyl (C=O) groups excluding carboxylic acids is 1. The zero-order chi connectivity index (χ0) is 14.4. The summed E-state index contributed by atoms with van der Waals surface area (Å²) in [5.41, 5.74) is 0.792. The van der Waals surface area contributed by atoms with Crippen LogP contribution in [0.5, 0.6) is 0 Å². The minimum atomic E-state index is -0.112. The maximum atomic E-state index is 13.6. The van der Waals surface area contributed by atoms with E-state index in [0.717, 1.165) is 44.3 Å². The average Bonchev–Trinajstić information content (AvgIpc) is 2.47. The smallest absolute Gasteiger partial charge is 0.232 e. The molecule has 0 bridgehead atoms. The molecule has 2 nitrogen and oxygen atoms in total. The van der Waals surface area contributed by atoms with Crippen LogP contribution in [-0.4, -0.2) is 35.9 Å². The molecule has 2 rings (SSSR count). The Labute approximate surface area is 124 Å². The summed E-state index contributed by atoms with van der Waals surface area (Å²) in [5.74, 6) is 1.21. The van der Waals surface area contributed by atoms with E-state index in [4.69, 9.17) is 0 Å². The highest BCUT2D eigenvalue weighted by Crippen LogP contribution is 2.22. The SMILES string of the molecule is CSCC(=O)N1CCCC(CCc2ccccc2F)C1. The van der Waals surface area contributed by atoms with E-state index in [1.54, 1.807) is 17.8 Å². The monoisotopic (exact) mass is 295 g/mol. The number of carbonyl (C=O) groups is 1. The Balaban J connectivity index is 1.84. The number of hydrogen-bond donors (Lipinski definition) is 0. The van der Waals surface area contributed by atoms with Crippen molar-refractivity contribution in [2.45, 2.75) is 25.7 Å². The number of aryl methyl sites for hydroxylation is 1. The first-order valence-electron chi connectivity index (χ1n) is 7.21. The molecule has 0 radical (unpaired) electrons. The van der Waals surface area contributed by atoms with Crippen LogP contribution in [-0.2, 0) is 11.2 Å². The lowest BCUT2D eigenvalue weighted by Gasteiger charge is -2.32. The van der Waals surface area contributed by atoms with Crippen LogP contribution >= 0.6 is 11.8 Å². The third-order valence-electron chi connectivity index (χ3n) is 3.92. The molecule has 1 unspecified atom stereocenters. The minimum Gasteiger partial charge on any atom is -0.342 e. The molecule has 0 N–H and O–H groups in total. The summed E-state index contributed by atoms with van der Waals surface area (Å²) >= 11 is 1.58. The second-order valence-electron chi connectivity index (χ2n) is 5.41. The third kappa shape index (κ3) is 4.23. The molecule has 1 aromatic rings. The summed E-state index contributed by atoms with van der Waals surface area (Å²) in [6.45, 7) is 1.73. The number of hydrogen-bond acceptors (Lipinski definition) is 2. The highest BCUT2D eigenvalue weighted by atomic mass is 32.2. The number of piperidine rings is 1. The molecule has 0 spiro atoms. The zero-order valence-electron chi connectivity index (χ0n) is 12.0. The number of likely N-dealkylation sites (tertiary alicyclic amines) is 1. The number of rotatable bonds is 5. The predicted octanol–water partition coefficient (Wildman–Crippen LogP) is 3.36. The Bertz CT molecular complexity index is 452. The molecule has 1 aromatic carbocycles. The van der Waals surface area contributed by atoms with Crippen molar-refractivity contribution in [2.75, 3.05) is 25.1 Å². The summed E-state index contributed by atoms with van der Waals surface area (Å²) in [6, 6.07) is 6.98. The fraction of sp³-hybridized carbons (Fsp3) is 0.562. The summed E-state index contributed by atoms with van der Waals surface area (Å²) in [4.78, 5) is 13.9. The van der Waals surface area contributed by atoms with Crippen molar-refractivity contribution in [3.63, 3.8) is 0 Å². The van der Waals surface area contributed by atoms with Crippen LogP contribution in [0.4, 0.5) is 4.39 Å². The first-order valence-corrected chi connectivity index (χ1v) is 8.60. The Morgan fingerprint density at radius 2 is 2.25 bits per heavy atom. The molecule has 0 aliphatic carbocycles. The van der Waals surface area contributed by atoms with Gasteiger partial charge in [-0.3, -0.25) is 4.79 Å². The molecule has 20 heavy (non-hydrogen) atoms. The quantitative estimate of drug-likeness (QED) is 0.830. The molecule has 4 heteroatoms. The van der Waals surface area contributed by atoms with Crippen LogP contribution in [0.3, 0.4) is 0 Å². The molecule has 1 saturated heterocycles. The Kier molecular flexibility index (Phi) is 5.89. The van der Waals surface area contributed by atoms with Gasteiger partial charge in [0.25, 0.3) is 0 Å². The highest BCUT2D eigenvalue weighted by molar-refractivity contribution is 7.99. The van der Waals surface area contributed by atoms with Gasteiger partial charge < -0.3 is 4.90 Å². The fourth-order valence-electron chi connectivity index (χ4n) is 2.80. The van der Waals surface area contributed by atoms with Crippen molar-refractivity contribution >= 4 is 17.7 Å². The maximum absolute atomic E-state index is 13.6. The topological polar surface area (TPSA) is 20.3 Å². The molecule has 1 heterocycles. The van der Waals surface area contributed by atoms with Gasteiger partial charge >= 0.3 is 0 Å². The van der Waals surface area contributed by atoms with Gasteiger partial charge in [-0.15, -0.1) is 0 Å². The summed E-state index contributed by atoms with van der Waals surface area (Å²) < 4.78 is 13.6. The van der Waals surface area contributed by atoms with Gasteiger partial charge in [-0.25, -0.2) is 4.39 Å². The van der Waals surface area contributed by atoms with Crippen LogP contribution in [0.2, 0.25) is 0 Å². The van der Waals surface area contributed by atoms with Gasteiger partial charge in [0, 0.05) is 13.1 Å². The lowest BCUT2D eigenvalue weighted by molar-refractivity contribution is -0.130. The molecule has 1 atom stereocenters. The van der Waals surface area contributed by atoms with Gasteiger partial charge in [0.15, 0.2) is 0 Å². The van der Waals surface area contributed by atoms with Gasteiger partial charge in [0.2, 0.25) is 5.91 Å². The van der Waals surface area contributed by atoms with E-state index in [1.807, 2.05) is 23.3 Å². The lowest BCUT2D eigenvalue weighted by atomic mass is 9.91. The Morgan fingerprint density at radius 1 is 1.45 bits per heavy atom. The molecule has 0 saturated carbocycles. The number of benzene rings is 1. The first-order chi connectivity index (χ1) is 9.70. The first kappa shape index (κ1) is 15.4. The van der Waals surface area contributed by atoms with E-state index in [9.17, 15) is 9.18 Å². The van der Waals surface area contributed by atoms with Crippen molar-refractivity contribution < 1.29 is 9.18 Å². The Hall–Kier alpha value is -1.03. The summed E-state index contributed by atoms with van der Waals surface area (Å²) in [7, 11) is 0. The van der Waals surface area contributed by atoms with Crippen LogP contribution in [0.1, 0.15) is 24.8 Å². The second-order valence-corrected chi connectivity index (χ2v) is 6.28. The molecule has 1 aliphatic rings. The van der Waals surface area contributed by atoms with Crippen molar-refractivity contribution in [1.29, 1.82) is 0 Å². The number of amides is 1. The van der Waals surface area contributed by atoms with E-state index < -0.39 is 0 Å². The molecule has 1 amide bonds. The molecule has 0 aromatic heterocycles. The lowest BCUT2D eigenvalue weighted by Crippen LogP contribution is -2.41. The highest BCUT2D eigenvalue weighted by Gasteiger charge is 2.23. The minimum absolute atomic E-state index is 0.112. The predicted molar refractivity (Wildman–Crippen MR) is 82.4 cm³/mol. The van der Waals surface area contributed by atoms with Gasteiger partial charge in [0.05, 0.1) is 5.75 Å². The molecular weight excluding hydrogens is 273 g/mol. The van der Waals surface area contributed by atoms with Crippen LogP contribution in [0.25, 0.3) is 0 Å². The van der Waals surface area contributed by atoms with Crippen LogP contribution < -0.4 is 0 Å². The number of thioether (sulfide) groups is 1. The molecule has 1 fully saturated rings. The van der Waals surface area contributed by atoms with E-state index in [0.29, 0.717) is 11.7 Å². The van der Waals surface area contributed by atoms with Gasteiger partial charge in [0.1, 0.15) is 5.82 Å². The Morgan fingerprint density at radius 3 is 3.00 bits per heavy atom. The molecule has 110 valence electrons. The van der Waals surface area contributed by atoms with Crippen LogP contribution in [0.15, 0.2) is 24.3 Å². The average molecular weight is 295 g/mol. The fourth-order valence-corrected chi connectivity index (χ4v) is 3.23. The van der Waals surface area contributed by atoms with E-state index in [2.05, 4.69) is 0 Å². The van der Waals surface area contributed by atoms with Crippen molar-refractivity contribution in [3.05, 3.63) is 35.6 Å². The van der Waals surface area contributed by atoms with Crippen molar-refractivity contribution in [3.8, 4) is 0 Å².